The lowest BCUT2D eigenvalue weighted by Gasteiger charge is -2.17. The number of aromatic nitrogens is 4. The first-order valence-electron chi connectivity index (χ1n) is 6.52. The van der Waals surface area contributed by atoms with Crippen molar-refractivity contribution in [2.75, 3.05) is 20.6 Å². The number of hydrogen-bond acceptors (Lipinski definition) is 4. The van der Waals surface area contributed by atoms with E-state index >= 15 is 0 Å². The summed E-state index contributed by atoms with van der Waals surface area (Å²) in [6, 6.07) is 1.76. The second-order valence-corrected chi connectivity index (χ2v) is 6.07. The lowest BCUT2D eigenvalue weighted by molar-refractivity contribution is 0.367. The van der Waals surface area contributed by atoms with Crippen molar-refractivity contribution >= 4 is 15.9 Å². The largest absolute Gasteiger partial charge is 0.318 e. The minimum absolute atomic E-state index is 0.250. The average molecular weight is 341 g/mol. The molecule has 0 bridgehead atoms. The second-order valence-electron chi connectivity index (χ2n) is 5.22. The minimum Gasteiger partial charge on any atom is -0.318 e. The number of nitrogens with two attached hydrogens (primary N) is 1. The smallest absolute Gasteiger partial charge is 0.0905 e. The summed E-state index contributed by atoms with van der Waals surface area (Å²) in [7, 11) is 6.00. The van der Waals surface area contributed by atoms with Crippen LogP contribution in [0.5, 0.6) is 0 Å². The Morgan fingerprint density at radius 2 is 2.15 bits per heavy atom. The average Bonchev–Trinajstić information content (AvgIpc) is 2.89. The molecule has 2 rings (SSSR count). The number of halogens is 1. The summed E-state index contributed by atoms with van der Waals surface area (Å²) in [4.78, 5) is 2.12. The summed E-state index contributed by atoms with van der Waals surface area (Å²) < 4.78 is 4.72. The van der Waals surface area contributed by atoms with Crippen molar-refractivity contribution in [1.29, 1.82) is 0 Å². The molecule has 2 N–H and O–H groups in total. The molecule has 0 amide bonds. The van der Waals surface area contributed by atoms with E-state index in [2.05, 4.69) is 31.0 Å². The van der Waals surface area contributed by atoms with E-state index in [4.69, 9.17) is 5.73 Å². The van der Waals surface area contributed by atoms with Gasteiger partial charge in [0.05, 0.1) is 40.3 Å². The Balaban J connectivity index is 2.31. The van der Waals surface area contributed by atoms with Gasteiger partial charge in [0, 0.05) is 13.6 Å². The molecule has 7 heteroatoms. The molecule has 0 fully saturated rings. The summed E-state index contributed by atoms with van der Waals surface area (Å²) in [5, 5.41) is 8.76. The molecule has 6 nitrogen and oxygen atoms in total. The van der Waals surface area contributed by atoms with Gasteiger partial charge in [-0.2, -0.15) is 10.2 Å². The Labute approximate surface area is 127 Å². The van der Waals surface area contributed by atoms with Gasteiger partial charge in [0.1, 0.15) is 0 Å². The maximum atomic E-state index is 6.42. The molecule has 0 aliphatic carbocycles. The van der Waals surface area contributed by atoms with Gasteiger partial charge in [0.15, 0.2) is 0 Å². The fourth-order valence-corrected chi connectivity index (χ4v) is 2.76. The van der Waals surface area contributed by atoms with Crippen molar-refractivity contribution in [2.45, 2.75) is 19.5 Å². The molecule has 0 saturated heterocycles. The standard InChI is InChI=1S/C13H21BrN6/c1-9-7-11(19(4)17-9)12(15)13-10(14)8-16-20(13)6-5-18(2)3/h7-8,12H,5-6,15H2,1-4H3. The lowest BCUT2D eigenvalue weighted by Crippen LogP contribution is -2.24. The zero-order chi connectivity index (χ0) is 14.9. The zero-order valence-corrected chi connectivity index (χ0v) is 13.9. The van der Waals surface area contributed by atoms with E-state index in [9.17, 15) is 0 Å². The summed E-state index contributed by atoms with van der Waals surface area (Å²) in [5.41, 5.74) is 9.35. The highest BCUT2D eigenvalue weighted by Gasteiger charge is 2.21. The van der Waals surface area contributed by atoms with Crippen LogP contribution >= 0.6 is 15.9 Å². The van der Waals surface area contributed by atoms with Gasteiger partial charge in [-0.3, -0.25) is 9.36 Å². The van der Waals surface area contributed by atoms with Crippen LogP contribution in [0.15, 0.2) is 16.7 Å². The van der Waals surface area contributed by atoms with E-state index in [1.807, 2.05) is 43.5 Å². The summed E-state index contributed by atoms with van der Waals surface area (Å²) >= 11 is 3.55. The fourth-order valence-electron chi connectivity index (χ4n) is 2.22. The molecule has 0 spiro atoms. The molecule has 2 aromatic heterocycles. The minimum atomic E-state index is -0.250. The summed E-state index contributed by atoms with van der Waals surface area (Å²) in [6.07, 6.45) is 1.80. The molecule has 1 unspecified atom stereocenters. The first kappa shape index (κ1) is 15.2. The van der Waals surface area contributed by atoms with Gasteiger partial charge in [-0.15, -0.1) is 0 Å². The van der Waals surface area contributed by atoms with Crippen LogP contribution in [0.3, 0.4) is 0 Å². The molecule has 0 aliphatic rings. The van der Waals surface area contributed by atoms with Gasteiger partial charge in [-0.1, -0.05) is 0 Å². The molecular weight excluding hydrogens is 320 g/mol. The summed E-state index contributed by atoms with van der Waals surface area (Å²) in [6.45, 7) is 3.69. The van der Waals surface area contributed by atoms with Gasteiger partial charge < -0.3 is 10.6 Å². The first-order valence-corrected chi connectivity index (χ1v) is 7.31. The predicted octanol–water partition coefficient (Wildman–Crippen LogP) is 1.30. The maximum Gasteiger partial charge on any atom is 0.0905 e. The Morgan fingerprint density at radius 3 is 2.70 bits per heavy atom. The number of hydrogen-bond donors (Lipinski definition) is 1. The number of aryl methyl sites for hydroxylation is 2. The van der Waals surface area contributed by atoms with E-state index in [1.165, 1.54) is 0 Å². The van der Waals surface area contributed by atoms with Crippen molar-refractivity contribution in [2.24, 2.45) is 12.8 Å². The van der Waals surface area contributed by atoms with E-state index in [1.54, 1.807) is 6.20 Å². The van der Waals surface area contributed by atoms with Crippen LogP contribution in [0.2, 0.25) is 0 Å². The van der Waals surface area contributed by atoms with Crippen molar-refractivity contribution < 1.29 is 0 Å². The highest BCUT2D eigenvalue weighted by Crippen LogP contribution is 2.26. The predicted molar refractivity (Wildman–Crippen MR) is 82.5 cm³/mol. The number of nitrogens with zero attached hydrogens (tertiary/aromatic N) is 5. The van der Waals surface area contributed by atoms with Gasteiger partial charge >= 0.3 is 0 Å². The molecule has 1 atom stereocenters. The van der Waals surface area contributed by atoms with Gasteiger partial charge in [-0.25, -0.2) is 0 Å². The third-order valence-corrected chi connectivity index (χ3v) is 3.85. The van der Waals surface area contributed by atoms with Crippen molar-refractivity contribution in [3.8, 4) is 0 Å². The van der Waals surface area contributed by atoms with E-state index < -0.39 is 0 Å². The Bertz CT molecular complexity index is 586. The third kappa shape index (κ3) is 3.11. The topological polar surface area (TPSA) is 64.9 Å². The van der Waals surface area contributed by atoms with Crippen molar-refractivity contribution in [3.63, 3.8) is 0 Å². The first-order chi connectivity index (χ1) is 9.40. The van der Waals surface area contributed by atoms with Crippen molar-refractivity contribution in [1.82, 2.24) is 24.5 Å². The zero-order valence-electron chi connectivity index (χ0n) is 12.3. The highest BCUT2D eigenvalue weighted by molar-refractivity contribution is 9.10. The van der Waals surface area contributed by atoms with Crippen LogP contribution in [0, 0.1) is 6.92 Å². The fraction of sp³-hybridized carbons (Fsp3) is 0.538. The van der Waals surface area contributed by atoms with Gasteiger partial charge in [-0.05, 0) is 43.0 Å². The highest BCUT2D eigenvalue weighted by atomic mass is 79.9. The number of likely N-dealkylation sites (N-methyl/N-ethyl adjacent to an activating group) is 1. The molecular formula is C13H21BrN6. The molecule has 2 heterocycles. The number of rotatable bonds is 5. The molecule has 0 radical (unpaired) electrons. The van der Waals surface area contributed by atoms with E-state index in [0.717, 1.165) is 34.6 Å². The molecule has 0 aromatic carbocycles. The lowest BCUT2D eigenvalue weighted by atomic mass is 10.1. The Hall–Kier alpha value is -1.18. The second kappa shape index (κ2) is 6.07. The van der Waals surface area contributed by atoms with Crippen LogP contribution in [-0.4, -0.2) is 45.1 Å². The molecule has 2 aromatic rings. The third-order valence-electron chi connectivity index (χ3n) is 3.24. The molecule has 110 valence electrons. The Morgan fingerprint density at radius 1 is 1.45 bits per heavy atom. The molecule has 0 aliphatic heterocycles. The van der Waals surface area contributed by atoms with Crippen molar-refractivity contribution in [3.05, 3.63) is 33.8 Å². The normalized spacial score (nSPS) is 13.2. The van der Waals surface area contributed by atoms with Gasteiger partial charge in [0.2, 0.25) is 0 Å². The van der Waals surface area contributed by atoms with E-state index in [-0.39, 0.29) is 6.04 Å². The van der Waals surface area contributed by atoms with E-state index in [0.29, 0.717) is 0 Å². The van der Waals surface area contributed by atoms with Gasteiger partial charge in [0.25, 0.3) is 0 Å². The van der Waals surface area contributed by atoms with Crippen LogP contribution in [-0.2, 0) is 13.6 Å². The quantitative estimate of drug-likeness (QED) is 0.890. The van der Waals surface area contributed by atoms with Crippen LogP contribution < -0.4 is 5.73 Å². The monoisotopic (exact) mass is 340 g/mol. The van der Waals surface area contributed by atoms with Crippen LogP contribution in [0.1, 0.15) is 23.1 Å². The molecule has 20 heavy (non-hydrogen) atoms. The Kier molecular flexibility index (Phi) is 4.62. The van der Waals surface area contributed by atoms with Crippen LogP contribution in [0.4, 0.5) is 0 Å². The summed E-state index contributed by atoms with van der Waals surface area (Å²) in [5.74, 6) is 0. The molecule has 0 saturated carbocycles. The maximum absolute atomic E-state index is 6.42. The van der Waals surface area contributed by atoms with Crippen LogP contribution in [0.25, 0.3) is 0 Å². The SMILES string of the molecule is Cc1cc(C(N)c2c(Br)cnn2CCN(C)C)n(C)n1.